The van der Waals surface area contributed by atoms with Crippen LogP contribution in [0.5, 0.6) is 0 Å². The molecule has 0 N–H and O–H groups in total. The van der Waals surface area contributed by atoms with Crippen molar-refractivity contribution in [3.63, 3.8) is 0 Å². The van der Waals surface area contributed by atoms with Crippen LogP contribution >= 0.6 is 6.04 Å². The number of hydrogen-bond acceptors (Lipinski definition) is 2. The number of aromatic nitrogens is 1. The average molecular weight is 299 g/mol. The Hall–Kier alpha value is -0.480. The van der Waals surface area contributed by atoms with Gasteiger partial charge in [-0.2, -0.15) is 13.8 Å². The van der Waals surface area contributed by atoms with E-state index in [0.29, 0.717) is 0 Å². The summed E-state index contributed by atoms with van der Waals surface area (Å²) in [6.45, 7) is 6.82. The molecule has 1 aromatic rings. The zero-order valence-corrected chi connectivity index (χ0v) is 12.2. The van der Waals surface area contributed by atoms with Crippen LogP contribution in [-0.2, 0) is 11.8 Å². The van der Waals surface area contributed by atoms with Crippen LogP contribution in [0.1, 0.15) is 27.7 Å². The van der Waals surface area contributed by atoms with Crippen LogP contribution in [0.25, 0.3) is 0 Å². The van der Waals surface area contributed by atoms with Crippen molar-refractivity contribution in [1.82, 2.24) is 4.98 Å². The van der Waals surface area contributed by atoms with Gasteiger partial charge in [-0.25, -0.2) is 8.78 Å². The van der Waals surface area contributed by atoms with Gasteiger partial charge in [-0.1, -0.05) is 39.5 Å². The van der Waals surface area contributed by atoms with Crippen molar-refractivity contribution in [2.45, 2.75) is 39.0 Å². The summed E-state index contributed by atoms with van der Waals surface area (Å²) >= 11 is 5.38. The van der Waals surface area contributed by atoms with Crippen LogP contribution in [0.15, 0.2) is 0 Å². The van der Waals surface area contributed by atoms with Crippen molar-refractivity contribution < 1.29 is 17.6 Å². The molecule has 7 heteroatoms. The Morgan fingerprint density at radius 3 is 1.50 bits per heavy atom. The van der Waals surface area contributed by atoms with Crippen LogP contribution in [0, 0.1) is 23.5 Å². The number of nitrogens with zero attached hydrogens (tertiary/aromatic N) is 1. The molecular formula is C11H14F4NPS. The lowest BCUT2D eigenvalue weighted by Crippen LogP contribution is -2.28. The van der Waals surface area contributed by atoms with E-state index in [1.54, 1.807) is 27.7 Å². The molecule has 1 heterocycles. The molecule has 0 radical (unpaired) electrons. The van der Waals surface area contributed by atoms with Crippen molar-refractivity contribution in [3.8, 4) is 0 Å². The Morgan fingerprint density at radius 1 is 0.889 bits per heavy atom. The number of hydrogen-bond donors (Lipinski definition) is 0. The first-order valence-corrected chi connectivity index (χ1v) is 8.38. The first-order chi connectivity index (χ1) is 8.13. The Bertz CT molecular complexity index is 478. The monoisotopic (exact) mass is 299 g/mol. The van der Waals surface area contributed by atoms with E-state index in [9.17, 15) is 17.6 Å². The highest BCUT2D eigenvalue weighted by Crippen LogP contribution is 2.55. The standard InChI is InChI=1S/C11H14F4NPS/c1-5(2)17(18,6(3)4)9-7(12)10(14)16-11(15)8(9)13/h5-6H,1-4H3. The Labute approximate surface area is 109 Å². The molecule has 1 rings (SSSR count). The molecule has 0 atom stereocenters. The fourth-order valence-electron chi connectivity index (χ4n) is 1.90. The van der Waals surface area contributed by atoms with Crippen molar-refractivity contribution in [3.05, 3.63) is 23.5 Å². The molecule has 18 heavy (non-hydrogen) atoms. The molecule has 0 aliphatic heterocycles. The fourth-order valence-corrected chi connectivity index (χ4v) is 5.40. The van der Waals surface area contributed by atoms with Crippen LogP contribution in [0.3, 0.4) is 0 Å². The summed E-state index contributed by atoms with van der Waals surface area (Å²) < 4.78 is 53.9. The maximum absolute atomic E-state index is 13.8. The zero-order chi connectivity index (χ0) is 14.2. The molecule has 0 aliphatic carbocycles. The van der Waals surface area contributed by atoms with Crippen molar-refractivity contribution in [2.75, 3.05) is 0 Å². The molecule has 0 saturated carbocycles. The number of rotatable bonds is 3. The highest BCUT2D eigenvalue weighted by molar-refractivity contribution is 8.18. The second-order valence-corrected chi connectivity index (χ2v) is 10.3. The van der Waals surface area contributed by atoms with Crippen molar-refractivity contribution in [2.24, 2.45) is 0 Å². The van der Waals surface area contributed by atoms with Gasteiger partial charge >= 0.3 is 0 Å². The molecule has 0 spiro atoms. The molecule has 0 fully saturated rings. The molecule has 0 aliphatic rings. The van der Waals surface area contributed by atoms with Crippen molar-refractivity contribution in [1.29, 1.82) is 0 Å². The van der Waals surface area contributed by atoms with E-state index in [0.717, 1.165) is 0 Å². The summed E-state index contributed by atoms with van der Waals surface area (Å²) in [4.78, 5) is 2.55. The minimum atomic E-state index is -2.78. The van der Waals surface area contributed by atoms with E-state index in [4.69, 9.17) is 11.8 Å². The molecule has 102 valence electrons. The van der Waals surface area contributed by atoms with E-state index >= 15 is 0 Å². The summed E-state index contributed by atoms with van der Waals surface area (Å²) in [6.07, 6.45) is 0. The molecular weight excluding hydrogens is 285 g/mol. The van der Waals surface area contributed by atoms with Gasteiger partial charge in [0.05, 0.1) is 5.30 Å². The Morgan fingerprint density at radius 2 is 1.22 bits per heavy atom. The lowest BCUT2D eigenvalue weighted by molar-refractivity contribution is 0.414. The first kappa shape index (κ1) is 15.6. The van der Waals surface area contributed by atoms with Gasteiger partial charge in [0.2, 0.25) is 0 Å². The third-order valence-corrected chi connectivity index (χ3v) is 10.1. The van der Waals surface area contributed by atoms with Crippen LogP contribution in [0.2, 0.25) is 0 Å². The van der Waals surface area contributed by atoms with Crippen molar-refractivity contribution >= 4 is 23.1 Å². The maximum atomic E-state index is 13.8. The van der Waals surface area contributed by atoms with Gasteiger partial charge in [0.25, 0.3) is 11.9 Å². The SMILES string of the molecule is CC(C)P(=S)(c1c(F)c(F)nc(F)c1F)C(C)C. The molecule has 1 nitrogen and oxygen atoms in total. The largest absolute Gasteiger partial charge is 0.252 e. The fraction of sp³-hybridized carbons (Fsp3) is 0.545. The minimum Gasteiger partial charge on any atom is -0.201 e. The van der Waals surface area contributed by atoms with Gasteiger partial charge in [-0.15, -0.1) is 0 Å². The van der Waals surface area contributed by atoms with Gasteiger partial charge in [-0.3, -0.25) is 0 Å². The topological polar surface area (TPSA) is 12.9 Å². The second-order valence-electron chi connectivity index (χ2n) is 4.57. The summed E-state index contributed by atoms with van der Waals surface area (Å²) in [5.74, 6) is -6.20. The summed E-state index contributed by atoms with van der Waals surface area (Å²) in [5, 5.41) is -0.632. The van der Waals surface area contributed by atoms with Gasteiger partial charge in [0.1, 0.15) is 0 Å². The van der Waals surface area contributed by atoms with Crippen LogP contribution < -0.4 is 5.30 Å². The van der Waals surface area contributed by atoms with Gasteiger partial charge in [0, 0.05) is 0 Å². The Balaban J connectivity index is 3.73. The third kappa shape index (κ3) is 2.32. The van der Waals surface area contributed by atoms with Gasteiger partial charge in [-0.05, 0) is 17.4 Å². The number of pyridine rings is 1. The predicted molar refractivity (Wildman–Crippen MR) is 68.3 cm³/mol. The Kier molecular flexibility index (Phi) is 4.55. The smallest absolute Gasteiger partial charge is 0.201 e. The highest BCUT2D eigenvalue weighted by Gasteiger charge is 2.36. The van der Waals surface area contributed by atoms with Crippen LogP contribution in [-0.4, -0.2) is 16.3 Å². The lowest BCUT2D eigenvalue weighted by atomic mass is 10.4. The maximum Gasteiger partial charge on any atom is 0.252 e. The molecule has 0 saturated heterocycles. The molecule has 0 aromatic carbocycles. The number of halogens is 4. The normalized spacial score (nSPS) is 12.6. The van der Waals surface area contributed by atoms with E-state index in [-0.39, 0.29) is 11.3 Å². The molecule has 0 amide bonds. The minimum absolute atomic E-state index is 0.266. The quantitative estimate of drug-likeness (QED) is 0.481. The second kappa shape index (κ2) is 5.25. The average Bonchev–Trinajstić information content (AvgIpc) is 2.25. The van der Waals surface area contributed by atoms with E-state index < -0.39 is 34.9 Å². The van der Waals surface area contributed by atoms with E-state index in [1.165, 1.54) is 0 Å². The van der Waals surface area contributed by atoms with Gasteiger partial charge < -0.3 is 0 Å². The summed E-state index contributed by atoms with van der Waals surface area (Å²) in [5.41, 5.74) is -0.532. The van der Waals surface area contributed by atoms with E-state index in [2.05, 4.69) is 4.98 Å². The van der Waals surface area contributed by atoms with Crippen LogP contribution in [0.4, 0.5) is 17.6 Å². The molecule has 1 aromatic heterocycles. The molecule has 0 unspecified atom stereocenters. The highest BCUT2D eigenvalue weighted by atomic mass is 32.4. The lowest BCUT2D eigenvalue weighted by Gasteiger charge is -2.31. The predicted octanol–water partition coefficient (Wildman–Crippen LogP) is 3.56. The van der Waals surface area contributed by atoms with E-state index in [1.807, 2.05) is 0 Å². The summed E-state index contributed by atoms with van der Waals surface area (Å²) in [7, 11) is 0. The molecule has 0 bridgehead atoms. The third-order valence-electron chi connectivity index (χ3n) is 2.86. The first-order valence-electron chi connectivity index (χ1n) is 5.44. The summed E-state index contributed by atoms with van der Waals surface area (Å²) in [6, 6.07) is -2.78. The zero-order valence-electron chi connectivity index (χ0n) is 10.5. The van der Waals surface area contributed by atoms with Gasteiger partial charge in [0.15, 0.2) is 11.6 Å².